The van der Waals surface area contributed by atoms with Gasteiger partial charge in [0.2, 0.25) is 5.91 Å². The Balaban J connectivity index is 3.12. The summed E-state index contributed by atoms with van der Waals surface area (Å²) < 4.78 is 12.7. The van der Waals surface area contributed by atoms with Crippen LogP contribution in [0.3, 0.4) is 0 Å². The number of hydrogen-bond acceptors (Lipinski definition) is 3. The molecule has 1 aromatic rings. The Hall–Kier alpha value is -1.62. The second-order valence-corrected chi connectivity index (χ2v) is 2.58. The number of phenols is 1. The molecule has 0 aliphatic carbocycles. The van der Waals surface area contributed by atoms with Crippen molar-refractivity contribution in [3.8, 4) is 5.75 Å². The van der Waals surface area contributed by atoms with Crippen LogP contribution in [0.4, 0.5) is 4.39 Å². The molecule has 1 unspecified atom stereocenters. The molecular formula is C8H9FN2O2. The fourth-order valence-electron chi connectivity index (χ4n) is 0.928. The molecule has 0 radical (unpaired) electrons. The first kappa shape index (κ1) is 9.47. The maximum atomic E-state index is 12.7. The number of nitrogens with two attached hydrogens (primary N) is 2. The molecule has 0 saturated heterocycles. The van der Waals surface area contributed by atoms with Gasteiger partial charge in [0.1, 0.15) is 17.6 Å². The Bertz CT molecular complexity index is 341. The van der Waals surface area contributed by atoms with Gasteiger partial charge in [0.25, 0.3) is 0 Å². The van der Waals surface area contributed by atoms with Crippen molar-refractivity contribution in [1.29, 1.82) is 0 Å². The van der Waals surface area contributed by atoms with Crippen LogP contribution in [0.5, 0.6) is 5.75 Å². The summed E-state index contributed by atoms with van der Waals surface area (Å²) >= 11 is 0. The number of amides is 1. The molecule has 1 atom stereocenters. The topological polar surface area (TPSA) is 89.3 Å². The van der Waals surface area contributed by atoms with Crippen molar-refractivity contribution in [1.82, 2.24) is 0 Å². The van der Waals surface area contributed by atoms with Crippen LogP contribution in [0, 0.1) is 5.82 Å². The third-order valence-corrected chi connectivity index (χ3v) is 1.63. The number of carbonyl (C=O) groups is 1. The minimum atomic E-state index is -1.18. The SMILES string of the molecule is NC(=O)C(N)c1cc(F)ccc1O. The molecule has 13 heavy (non-hydrogen) atoms. The molecule has 70 valence electrons. The highest BCUT2D eigenvalue weighted by Gasteiger charge is 2.16. The Morgan fingerprint density at radius 1 is 1.54 bits per heavy atom. The van der Waals surface area contributed by atoms with E-state index in [-0.39, 0.29) is 11.3 Å². The second-order valence-electron chi connectivity index (χ2n) is 2.58. The molecule has 0 aliphatic rings. The van der Waals surface area contributed by atoms with Crippen LogP contribution < -0.4 is 11.5 Å². The minimum absolute atomic E-state index is 0.00694. The lowest BCUT2D eigenvalue weighted by Gasteiger charge is -2.09. The molecule has 0 bridgehead atoms. The quantitative estimate of drug-likeness (QED) is 0.605. The zero-order chi connectivity index (χ0) is 10.0. The van der Waals surface area contributed by atoms with Gasteiger partial charge in [-0.25, -0.2) is 4.39 Å². The molecule has 0 saturated carbocycles. The predicted octanol–water partition coefficient (Wildman–Crippen LogP) is 0.0164. The van der Waals surface area contributed by atoms with E-state index in [4.69, 9.17) is 11.5 Å². The van der Waals surface area contributed by atoms with E-state index in [1.54, 1.807) is 0 Å². The molecule has 5 N–H and O–H groups in total. The lowest BCUT2D eigenvalue weighted by atomic mass is 10.1. The van der Waals surface area contributed by atoms with E-state index in [1.807, 2.05) is 0 Å². The van der Waals surface area contributed by atoms with E-state index in [0.29, 0.717) is 0 Å². The number of hydrogen-bond donors (Lipinski definition) is 3. The lowest BCUT2D eigenvalue weighted by molar-refractivity contribution is -0.119. The van der Waals surface area contributed by atoms with E-state index in [9.17, 15) is 14.3 Å². The van der Waals surface area contributed by atoms with Gasteiger partial charge in [-0.1, -0.05) is 0 Å². The zero-order valence-corrected chi connectivity index (χ0v) is 6.70. The first-order chi connectivity index (χ1) is 6.02. The van der Waals surface area contributed by atoms with Gasteiger partial charge < -0.3 is 16.6 Å². The van der Waals surface area contributed by atoms with Crippen molar-refractivity contribution in [2.24, 2.45) is 11.5 Å². The predicted molar refractivity (Wildman–Crippen MR) is 44.2 cm³/mol. The van der Waals surface area contributed by atoms with E-state index in [1.165, 1.54) is 0 Å². The van der Waals surface area contributed by atoms with Crippen molar-refractivity contribution >= 4 is 5.91 Å². The third kappa shape index (κ3) is 1.94. The second kappa shape index (κ2) is 3.40. The van der Waals surface area contributed by atoms with E-state index in [0.717, 1.165) is 18.2 Å². The van der Waals surface area contributed by atoms with E-state index < -0.39 is 17.8 Å². The third-order valence-electron chi connectivity index (χ3n) is 1.63. The van der Waals surface area contributed by atoms with Crippen LogP contribution in [0.25, 0.3) is 0 Å². The van der Waals surface area contributed by atoms with Crippen molar-refractivity contribution < 1.29 is 14.3 Å². The van der Waals surface area contributed by atoms with E-state index >= 15 is 0 Å². The summed E-state index contributed by atoms with van der Waals surface area (Å²) in [5.41, 5.74) is 10.2. The Kier molecular flexibility index (Phi) is 2.48. The number of phenolic OH excluding ortho intramolecular Hbond substituents is 1. The smallest absolute Gasteiger partial charge is 0.239 e. The van der Waals surface area contributed by atoms with Crippen LogP contribution in [0.2, 0.25) is 0 Å². The largest absolute Gasteiger partial charge is 0.508 e. The molecule has 1 rings (SSSR count). The van der Waals surface area contributed by atoms with Gasteiger partial charge in [0.15, 0.2) is 0 Å². The normalized spacial score (nSPS) is 12.5. The van der Waals surface area contributed by atoms with Crippen LogP contribution in [-0.4, -0.2) is 11.0 Å². The van der Waals surface area contributed by atoms with Gasteiger partial charge >= 0.3 is 0 Å². The average molecular weight is 184 g/mol. The molecule has 1 amide bonds. The summed E-state index contributed by atoms with van der Waals surface area (Å²) in [6.07, 6.45) is 0. The van der Waals surface area contributed by atoms with Gasteiger partial charge in [-0.3, -0.25) is 4.79 Å². The number of rotatable bonds is 2. The first-order valence-electron chi connectivity index (χ1n) is 3.55. The van der Waals surface area contributed by atoms with Crippen molar-refractivity contribution in [3.63, 3.8) is 0 Å². The first-order valence-corrected chi connectivity index (χ1v) is 3.55. The highest BCUT2D eigenvalue weighted by molar-refractivity contribution is 5.81. The molecule has 0 spiro atoms. The lowest BCUT2D eigenvalue weighted by Crippen LogP contribution is -2.28. The van der Waals surface area contributed by atoms with Gasteiger partial charge in [0, 0.05) is 5.56 Å². The van der Waals surface area contributed by atoms with E-state index in [2.05, 4.69) is 0 Å². The number of primary amides is 1. The van der Waals surface area contributed by atoms with Crippen molar-refractivity contribution in [3.05, 3.63) is 29.6 Å². The van der Waals surface area contributed by atoms with Gasteiger partial charge in [-0.05, 0) is 18.2 Å². The Labute approximate surface area is 74.0 Å². The number of carbonyl (C=O) groups excluding carboxylic acids is 1. The number of halogens is 1. The monoisotopic (exact) mass is 184 g/mol. The summed E-state index contributed by atoms with van der Waals surface area (Å²) in [5.74, 6) is -1.64. The average Bonchev–Trinajstić information content (AvgIpc) is 2.08. The summed E-state index contributed by atoms with van der Waals surface area (Å²) in [4.78, 5) is 10.6. The summed E-state index contributed by atoms with van der Waals surface area (Å²) in [7, 11) is 0. The molecule has 0 heterocycles. The highest BCUT2D eigenvalue weighted by atomic mass is 19.1. The molecule has 0 aromatic heterocycles. The molecular weight excluding hydrogens is 175 g/mol. The summed E-state index contributed by atoms with van der Waals surface area (Å²) in [6, 6.07) is 1.97. The van der Waals surface area contributed by atoms with Crippen molar-refractivity contribution in [2.45, 2.75) is 6.04 Å². The maximum Gasteiger partial charge on any atom is 0.239 e. The summed E-state index contributed by atoms with van der Waals surface area (Å²) in [6.45, 7) is 0. The summed E-state index contributed by atoms with van der Waals surface area (Å²) in [5, 5.41) is 9.20. The standard InChI is InChI=1S/C8H9FN2O2/c9-4-1-2-6(12)5(3-4)7(10)8(11)13/h1-3,7,12H,10H2,(H2,11,13). The van der Waals surface area contributed by atoms with Crippen LogP contribution >= 0.6 is 0 Å². The van der Waals surface area contributed by atoms with Crippen LogP contribution in [-0.2, 0) is 4.79 Å². The Morgan fingerprint density at radius 3 is 2.69 bits per heavy atom. The minimum Gasteiger partial charge on any atom is -0.508 e. The number of aromatic hydroxyl groups is 1. The zero-order valence-electron chi connectivity index (χ0n) is 6.70. The number of benzene rings is 1. The molecule has 0 fully saturated rings. The maximum absolute atomic E-state index is 12.7. The molecule has 0 aliphatic heterocycles. The van der Waals surface area contributed by atoms with Gasteiger partial charge in [-0.15, -0.1) is 0 Å². The molecule has 5 heteroatoms. The highest BCUT2D eigenvalue weighted by Crippen LogP contribution is 2.22. The van der Waals surface area contributed by atoms with Gasteiger partial charge in [0.05, 0.1) is 0 Å². The van der Waals surface area contributed by atoms with Crippen molar-refractivity contribution in [2.75, 3.05) is 0 Å². The van der Waals surface area contributed by atoms with Gasteiger partial charge in [-0.2, -0.15) is 0 Å². The van der Waals surface area contributed by atoms with Crippen LogP contribution in [0.1, 0.15) is 11.6 Å². The fourth-order valence-corrected chi connectivity index (χ4v) is 0.928. The van der Waals surface area contributed by atoms with Crippen LogP contribution in [0.15, 0.2) is 18.2 Å². The molecule has 1 aromatic carbocycles. The molecule has 4 nitrogen and oxygen atoms in total. The fraction of sp³-hybridized carbons (Fsp3) is 0.125. The Morgan fingerprint density at radius 2 is 2.15 bits per heavy atom.